The molecule has 2 aromatic carbocycles. The number of para-hydroxylation sites is 1. The topological polar surface area (TPSA) is 25.8 Å². The van der Waals surface area contributed by atoms with Gasteiger partial charge in [-0.25, -0.2) is 9.97 Å². The molecule has 0 spiro atoms. The van der Waals surface area contributed by atoms with Gasteiger partial charge in [-0.2, -0.15) is 0 Å². The van der Waals surface area contributed by atoms with Crippen LogP contribution in [0.3, 0.4) is 0 Å². The van der Waals surface area contributed by atoms with Crippen molar-refractivity contribution >= 4 is 22.7 Å². The molecule has 20 heavy (non-hydrogen) atoms. The van der Waals surface area contributed by atoms with Crippen LogP contribution >= 0.6 is 11.8 Å². The normalized spacial score (nSPS) is 10.8. The van der Waals surface area contributed by atoms with Crippen LogP contribution in [0.5, 0.6) is 0 Å². The summed E-state index contributed by atoms with van der Waals surface area (Å²) < 4.78 is 0. The van der Waals surface area contributed by atoms with Gasteiger partial charge >= 0.3 is 0 Å². The lowest BCUT2D eigenvalue weighted by Crippen LogP contribution is -1.94. The first-order valence-electron chi connectivity index (χ1n) is 6.73. The summed E-state index contributed by atoms with van der Waals surface area (Å²) in [5.74, 6) is 1.87. The zero-order valence-corrected chi connectivity index (χ0v) is 12.2. The van der Waals surface area contributed by atoms with Crippen LogP contribution < -0.4 is 0 Å². The molecule has 1 aromatic heterocycles. The van der Waals surface area contributed by atoms with Gasteiger partial charge in [0.05, 0.1) is 5.52 Å². The van der Waals surface area contributed by atoms with Crippen LogP contribution in [0.4, 0.5) is 0 Å². The van der Waals surface area contributed by atoms with E-state index in [0.717, 1.165) is 33.9 Å². The summed E-state index contributed by atoms with van der Waals surface area (Å²) in [5.41, 5.74) is 2.40. The smallest absolute Gasteiger partial charge is 0.127 e. The molecule has 0 aliphatic rings. The molecule has 0 saturated heterocycles. The van der Waals surface area contributed by atoms with Gasteiger partial charge < -0.3 is 0 Å². The molecule has 0 radical (unpaired) electrons. The molecule has 0 aliphatic heterocycles. The van der Waals surface area contributed by atoms with Crippen molar-refractivity contribution < 1.29 is 0 Å². The van der Waals surface area contributed by atoms with Gasteiger partial charge in [-0.3, -0.25) is 0 Å². The molecule has 3 rings (SSSR count). The number of nitrogens with zero attached hydrogens (tertiary/aromatic N) is 2. The highest BCUT2D eigenvalue weighted by molar-refractivity contribution is 7.99. The summed E-state index contributed by atoms with van der Waals surface area (Å²) in [4.78, 5) is 9.06. The Hall–Kier alpha value is -1.87. The maximum Gasteiger partial charge on any atom is 0.127 e. The Morgan fingerprint density at radius 3 is 2.50 bits per heavy atom. The van der Waals surface area contributed by atoms with Gasteiger partial charge in [-0.1, -0.05) is 48.5 Å². The fourth-order valence-electron chi connectivity index (χ4n) is 2.18. The minimum absolute atomic E-state index is 0.839. The minimum Gasteiger partial charge on any atom is -0.233 e. The zero-order chi connectivity index (χ0) is 13.8. The number of rotatable bonds is 4. The van der Waals surface area contributed by atoms with Crippen LogP contribution in [-0.2, 0) is 6.42 Å². The Kier molecular flexibility index (Phi) is 3.97. The fourth-order valence-corrected chi connectivity index (χ4v) is 3.23. The van der Waals surface area contributed by atoms with Crippen molar-refractivity contribution in [2.24, 2.45) is 0 Å². The number of hydrogen-bond donors (Lipinski definition) is 0. The van der Waals surface area contributed by atoms with E-state index >= 15 is 0 Å². The number of thioether (sulfide) groups is 1. The Morgan fingerprint density at radius 1 is 0.900 bits per heavy atom. The first kappa shape index (κ1) is 13.1. The summed E-state index contributed by atoms with van der Waals surface area (Å²) in [5, 5.41) is 2.24. The van der Waals surface area contributed by atoms with E-state index in [0.29, 0.717) is 0 Å². The van der Waals surface area contributed by atoms with Crippen molar-refractivity contribution in [3.05, 3.63) is 66.0 Å². The molecule has 0 saturated carbocycles. The third kappa shape index (κ3) is 2.99. The monoisotopic (exact) mass is 280 g/mol. The molecule has 0 bridgehead atoms. The van der Waals surface area contributed by atoms with Gasteiger partial charge in [0.1, 0.15) is 10.9 Å². The predicted molar refractivity (Wildman–Crippen MR) is 85.1 cm³/mol. The van der Waals surface area contributed by atoms with Gasteiger partial charge in [-0.15, -0.1) is 11.8 Å². The second kappa shape index (κ2) is 6.06. The van der Waals surface area contributed by atoms with Crippen molar-refractivity contribution in [2.75, 3.05) is 5.75 Å². The second-order valence-corrected chi connectivity index (χ2v) is 5.76. The molecule has 0 aliphatic carbocycles. The zero-order valence-electron chi connectivity index (χ0n) is 11.4. The molecule has 3 heteroatoms. The lowest BCUT2D eigenvalue weighted by molar-refractivity contribution is 1.01. The maximum atomic E-state index is 4.58. The lowest BCUT2D eigenvalue weighted by atomic mass is 10.2. The summed E-state index contributed by atoms with van der Waals surface area (Å²) in [7, 11) is 0. The first-order chi connectivity index (χ1) is 9.83. The van der Waals surface area contributed by atoms with Gasteiger partial charge in [0, 0.05) is 11.1 Å². The van der Waals surface area contributed by atoms with E-state index in [1.165, 1.54) is 5.56 Å². The second-order valence-electron chi connectivity index (χ2n) is 4.68. The van der Waals surface area contributed by atoms with Crippen LogP contribution in [0, 0.1) is 6.92 Å². The molecule has 100 valence electrons. The number of fused-ring (bicyclic) bond motifs is 1. The van der Waals surface area contributed by atoms with Crippen molar-refractivity contribution in [2.45, 2.75) is 18.4 Å². The average Bonchev–Trinajstić information content (AvgIpc) is 2.48. The molecule has 0 amide bonds. The van der Waals surface area contributed by atoms with Gasteiger partial charge in [0.25, 0.3) is 0 Å². The first-order valence-corrected chi connectivity index (χ1v) is 7.71. The predicted octanol–water partition coefficient (Wildman–Crippen LogP) is 4.27. The van der Waals surface area contributed by atoms with Crippen LogP contribution in [0.25, 0.3) is 10.9 Å². The van der Waals surface area contributed by atoms with E-state index in [9.17, 15) is 0 Å². The average molecular weight is 280 g/mol. The van der Waals surface area contributed by atoms with Gasteiger partial charge in [0.2, 0.25) is 0 Å². The SMILES string of the molecule is Cc1nc(SCCc2ccccc2)c2ccccc2n1. The van der Waals surface area contributed by atoms with E-state index in [1.807, 2.05) is 36.9 Å². The summed E-state index contributed by atoms with van der Waals surface area (Å²) in [6.07, 6.45) is 1.06. The quantitative estimate of drug-likeness (QED) is 0.527. The number of benzene rings is 2. The van der Waals surface area contributed by atoms with E-state index in [2.05, 4.69) is 46.4 Å². The highest BCUT2D eigenvalue weighted by atomic mass is 32.2. The highest BCUT2D eigenvalue weighted by Crippen LogP contribution is 2.25. The molecular weight excluding hydrogens is 264 g/mol. The number of aromatic nitrogens is 2. The Bertz CT molecular complexity index is 711. The minimum atomic E-state index is 0.839. The van der Waals surface area contributed by atoms with Crippen molar-refractivity contribution in [1.82, 2.24) is 9.97 Å². The molecule has 1 heterocycles. The summed E-state index contributed by atoms with van der Waals surface area (Å²) in [6, 6.07) is 18.8. The molecule has 2 nitrogen and oxygen atoms in total. The molecular formula is C17H16N2S. The number of hydrogen-bond acceptors (Lipinski definition) is 3. The third-order valence-corrected chi connectivity index (χ3v) is 4.15. The van der Waals surface area contributed by atoms with Crippen LogP contribution in [0.1, 0.15) is 11.4 Å². The third-order valence-electron chi connectivity index (χ3n) is 3.15. The molecule has 0 unspecified atom stereocenters. The van der Waals surface area contributed by atoms with Gasteiger partial charge in [0.15, 0.2) is 0 Å². The number of aryl methyl sites for hydroxylation is 2. The standard InChI is InChI=1S/C17H16N2S/c1-13-18-16-10-6-5-9-15(16)17(19-13)20-12-11-14-7-3-2-4-8-14/h2-10H,11-12H2,1H3. The molecule has 0 N–H and O–H groups in total. The van der Waals surface area contributed by atoms with Crippen LogP contribution in [0.15, 0.2) is 59.6 Å². The largest absolute Gasteiger partial charge is 0.233 e. The van der Waals surface area contributed by atoms with E-state index in [-0.39, 0.29) is 0 Å². The molecule has 0 fully saturated rings. The lowest BCUT2D eigenvalue weighted by Gasteiger charge is -2.06. The van der Waals surface area contributed by atoms with Crippen molar-refractivity contribution in [1.29, 1.82) is 0 Å². The fraction of sp³-hybridized carbons (Fsp3) is 0.176. The van der Waals surface area contributed by atoms with Crippen LogP contribution in [-0.4, -0.2) is 15.7 Å². The Labute approximate surface area is 123 Å². The highest BCUT2D eigenvalue weighted by Gasteiger charge is 2.05. The molecule has 0 atom stereocenters. The van der Waals surface area contributed by atoms with Crippen molar-refractivity contribution in [3.63, 3.8) is 0 Å². The maximum absolute atomic E-state index is 4.58. The van der Waals surface area contributed by atoms with Crippen LogP contribution in [0.2, 0.25) is 0 Å². The summed E-state index contributed by atoms with van der Waals surface area (Å²) in [6.45, 7) is 1.95. The van der Waals surface area contributed by atoms with E-state index in [1.54, 1.807) is 0 Å². The van der Waals surface area contributed by atoms with E-state index in [4.69, 9.17) is 0 Å². The Balaban J connectivity index is 1.77. The summed E-state index contributed by atoms with van der Waals surface area (Å²) >= 11 is 1.81. The van der Waals surface area contributed by atoms with E-state index < -0.39 is 0 Å². The van der Waals surface area contributed by atoms with Crippen molar-refractivity contribution in [3.8, 4) is 0 Å². The molecule has 3 aromatic rings. The van der Waals surface area contributed by atoms with Gasteiger partial charge in [-0.05, 0) is 25.0 Å². The Morgan fingerprint density at radius 2 is 1.65 bits per heavy atom.